The molecule has 12 nitrogen and oxygen atoms in total. The smallest absolute Gasteiger partial charge is 0.0716 e. The van der Waals surface area contributed by atoms with Gasteiger partial charge in [-0.2, -0.15) is 0 Å². The third-order valence-electron chi connectivity index (χ3n) is 16.1. The number of nitrogens with zero attached hydrogens (tertiary/aromatic N) is 12. The van der Waals surface area contributed by atoms with E-state index in [1.165, 1.54) is 22.3 Å². The molecule has 12 aromatic heterocycles. The standard InChI is InChI=1S/C65H38N12/c1-3-7-55-45(5-1)46-6-2-4-8-56(46)65(55,39-25-41(74-57-9-17-66-31-47(57)48-32-67-18-10-58(48)74)29-42(26-39)75-59-11-19-68-33-49(59)50-34-69-20-12-60(50)75)40-27-43(76-61-13-21-70-35-51(61)52-36-71-22-14-62(52)76)30-44(28-40)77-63-15-23-72-37-53(63)54-38-73-24-16-64(54)77/h1-38H. The minimum atomic E-state index is -0.934. The average Bonchev–Trinajstić information content (AvgIpc) is 4.47. The van der Waals surface area contributed by atoms with Gasteiger partial charge in [0.1, 0.15) is 0 Å². The van der Waals surface area contributed by atoms with Crippen molar-refractivity contribution in [1.29, 1.82) is 0 Å². The van der Waals surface area contributed by atoms with E-state index in [0.717, 1.165) is 121 Å². The van der Waals surface area contributed by atoms with Gasteiger partial charge in [-0.1, -0.05) is 48.5 Å². The molecule has 17 rings (SSSR count). The normalized spacial score (nSPS) is 13.0. The number of benzene rings is 4. The summed E-state index contributed by atoms with van der Waals surface area (Å²) in [5, 5.41) is 8.17. The van der Waals surface area contributed by atoms with Crippen LogP contribution in [0.5, 0.6) is 0 Å². The predicted octanol–water partition coefficient (Wildman–Crippen LogP) is 13.6. The Balaban J connectivity index is 1.08. The SMILES string of the molecule is c1ccc2c(c1)-c1ccccc1C2(c1cc(-n2c3ccncc3c3cnccc32)cc(-n2c3ccncc3c3cnccc32)c1)c1cc(-n2c3ccncc3c3cnccc32)cc(-n2c3ccncc3c3cnccc32)c1. The molecule has 0 atom stereocenters. The summed E-state index contributed by atoms with van der Waals surface area (Å²) < 4.78 is 9.50. The van der Waals surface area contributed by atoms with Crippen molar-refractivity contribution < 1.29 is 0 Å². The fraction of sp³-hybridized carbons (Fsp3) is 0.0154. The van der Waals surface area contributed by atoms with Crippen LogP contribution in [0, 0.1) is 0 Å². The first-order chi connectivity index (χ1) is 38.2. The van der Waals surface area contributed by atoms with Gasteiger partial charge in [0.15, 0.2) is 0 Å². The zero-order valence-corrected chi connectivity index (χ0v) is 40.8. The van der Waals surface area contributed by atoms with Crippen LogP contribution in [0.25, 0.3) is 121 Å². The quantitative estimate of drug-likeness (QED) is 0.161. The van der Waals surface area contributed by atoms with Crippen LogP contribution >= 0.6 is 0 Å². The first-order valence-corrected chi connectivity index (χ1v) is 25.5. The number of hydrogen-bond acceptors (Lipinski definition) is 8. The van der Waals surface area contributed by atoms with Crippen LogP contribution in [-0.4, -0.2) is 58.1 Å². The van der Waals surface area contributed by atoms with Crippen molar-refractivity contribution >= 4 is 87.2 Å². The van der Waals surface area contributed by atoms with Gasteiger partial charge in [-0.3, -0.25) is 39.9 Å². The first kappa shape index (κ1) is 41.7. The highest BCUT2D eigenvalue weighted by molar-refractivity contribution is 6.12. The van der Waals surface area contributed by atoms with E-state index in [1.807, 2.05) is 99.1 Å². The van der Waals surface area contributed by atoms with Gasteiger partial charge in [-0.25, -0.2) is 0 Å². The lowest BCUT2D eigenvalue weighted by Gasteiger charge is -2.35. The van der Waals surface area contributed by atoms with Crippen molar-refractivity contribution in [2.75, 3.05) is 0 Å². The lowest BCUT2D eigenvalue weighted by molar-refractivity contribution is 0.763. The lowest BCUT2D eigenvalue weighted by atomic mass is 9.67. The van der Waals surface area contributed by atoms with Crippen molar-refractivity contribution in [3.05, 3.63) is 255 Å². The third kappa shape index (κ3) is 5.64. The Morgan fingerprint density at radius 3 is 0.701 bits per heavy atom. The zero-order valence-electron chi connectivity index (χ0n) is 40.8. The summed E-state index contributed by atoms with van der Waals surface area (Å²) in [5.74, 6) is 0. The second-order valence-corrected chi connectivity index (χ2v) is 19.8. The van der Waals surface area contributed by atoms with Gasteiger partial charge in [0, 0.05) is 165 Å². The van der Waals surface area contributed by atoms with Crippen LogP contribution in [0.3, 0.4) is 0 Å². The fourth-order valence-corrected chi connectivity index (χ4v) is 13.1. The third-order valence-corrected chi connectivity index (χ3v) is 16.1. The molecular weight excluding hydrogens is 949 g/mol. The average molecular weight is 987 g/mol. The largest absolute Gasteiger partial charge is 0.309 e. The monoisotopic (exact) mass is 986 g/mol. The zero-order chi connectivity index (χ0) is 50.3. The van der Waals surface area contributed by atoms with Gasteiger partial charge < -0.3 is 18.3 Å². The van der Waals surface area contributed by atoms with E-state index < -0.39 is 5.41 Å². The molecule has 358 valence electrons. The fourth-order valence-electron chi connectivity index (χ4n) is 13.1. The van der Waals surface area contributed by atoms with Crippen LogP contribution in [0.2, 0.25) is 0 Å². The summed E-state index contributed by atoms with van der Waals surface area (Å²) in [6, 6.07) is 49.1. The van der Waals surface area contributed by atoms with E-state index in [2.05, 4.69) is 192 Å². The second-order valence-electron chi connectivity index (χ2n) is 19.8. The molecule has 0 fully saturated rings. The highest BCUT2D eigenvalue weighted by Gasteiger charge is 2.47. The van der Waals surface area contributed by atoms with Gasteiger partial charge in [0.2, 0.25) is 0 Å². The molecular formula is C65H38N12. The molecule has 0 N–H and O–H groups in total. The Morgan fingerprint density at radius 2 is 0.468 bits per heavy atom. The Labute approximate surface area is 437 Å². The van der Waals surface area contributed by atoms with Gasteiger partial charge >= 0.3 is 0 Å². The Hall–Kier alpha value is -10.7. The number of fused-ring (bicyclic) bond motifs is 15. The summed E-state index contributed by atoms with van der Waals surface area (Å²) in [5.41, 5.74) is 18.0. The van der Waals surface area contributed by atoms with Crippen LogP contribution < -0.4 is 0 Å². The summed E-state index contributed by atoms with van der Waals surface area (Å²) in [6.07, 6.45) is 30.6. The van der Waals surface area contributed by atoms with Crippen LogP contribution in [0.1, 0.15) is 22.3 Å². The summed E-state index contributed by atoms with van der Waals surface area (Å²) in [6.45, 7) is 0. The van der Waals surface area contributed by atoms with Crippen molar-refractivity contribution in [3.63, 3.8) is 0 Å². The maximum absolute atomic E-state index is 4.64. The molecule has 0 saturated carbocycles. The van der Waals surface area contributed by atoms with E-state index >= 15 is 0 Å². The molecule has 77 heavy (non-hydrogen) atoms. The molecule has 1 aliphatic rings. The molecule has 0 unspecified atom stereocenters. The molecule has 12 heteroatoms. The number of hydrogen-bond donors (Lipinski definition) is 0. The molecule has 0 spiro atoms. The molecule has 4 aromatic carbocycles. The van der Waals surface area contributed by atoms with Crippen LogP contribution in [0.15, 0.2) is 233 Å². The van der Waals surface area contributed by atoms with E-state index in [0.29, 0.717) is 0 Å². The second kappa shape index (κ2) is 15.7. The number of rotatable bonds is 6. The van der Waals surface area contributed by atoms with Crippen molar-refractivity contribution in [3.8, 4) is 33.9 Å². The van der Waals surface area contributed by atoms with E-state index in [9.17, 15) is 0 Å². The van der Waals surface area contributed by atoms with E-state index in [4.69, 9.17) is 0 Å². The summed E-state index contributed by atoms with van der Waals surface area (Å²) in [7, 11) is 0. The molecule has 16 aromatic rings. The van der Waals surface area contributed by atoms with Gasteiger partial charge in [0.25, 0.3) is 0 Å². The molecule has 0 bridgehead atoms. The van der Waals surface area contributed by atoms with Gasteiger partial charge in [-0.15, -0.1) is 0 Å². The minimum absolute atomic E-state index is 0.934. The highest BCUT2D eigenvalue weighted by Crippen LogP contribution is 2.57. The molecule has 0 amide bonds. The maximum Gasteiger partial charge on any atom is 0.0716 e. The Morgan fingerprint density at radius 1 is 0.247 bits per heavy atom. The van der Waals surface area contributed by atoms with Crippen molar-refractivity contribution in [2.24, 2.45) is 0 Å². The van der Waals surface area contributed by atoms with Crippen molar-refractivity contribution in [1.82, 2.24) is 58.1 Å². The topological polar surface area (TPSA) is 123 Å². The number of aromatic nitrogens is 12. The molecule has 0 saturated heterocycles. The Kier molecular flexibility index (Phi) is 8.48. The van der Waals surface area contributed by atoms with E-state index in [1.54, 1.807) is 0 Å². The van der Waals surface area contributed by atoms with Crippen LogP contribution in [0.4, 0.5) is 0 Å². The van der Waals surface area contributed by atoms with Crippen LogP contribution in [-0.2, 0) is 5.41 Å². The van der Waals surface area contributed by atoms with Gasteiger partial charge in [-0.05, 0) is 118 Å². The van der Waals surface area contributed by atoms with Crippen molar-refractivity contribution in [2.45, 2.75) is 5.41 Å². The summed E-state index contributed by atoms with van der Waals surface area (Å²) in [4.78, 5) is 37.1. The minimum Gasteiger partial charge on any atom is -0.309 e. The molecule has 0 aliphatic heterocycles. The van der Waals surface area contributed by atoms with Gasteiger partial charge in [0.05, 0.1) is 49.5 Å². The molecule has 12 heterocycles. The summed E-state index contributed by atoms with van der Waals surface area (Å²) >= 11 is 0. The number of pyridine rings is 8. The van der Waals surface area contributed by atoms with E-state index in [-0.39, 0.29) is 0 Å². The molecule has 1 aliphatic carbocycles. The Bertz CT molecular complexity index is 4360. The molecule has 0 radical (unpaired) electrons. The highest BCUT2D eigenvalue weighted by atomic mass is 15.0. The predicted molar refractivity (Wildman–Crippen MR) is 303 cm³/mol. The lowest BCUT2D eigenvalue weighted by Crippen LogP contribution is -2.29. The maximum atomic E-state index is 4.64. The first-order valence-electron chi connectivity index (χ1n) is 25.5.